The van der Waals surface area contributed by atoms with Gasteiger partial charge in [-0.25, -0.2) is 4.68 Å². The van der Waals surface area contributed by atoms with Crippen molar-refractivity contribution in [2.45, 2.75) is 13.0 Å². The van der Waals surface area contributed by atoms with Gasteiger partial charge in [0.05, 0.1) is 32.5 Å². The molecule has 37 heavy (non-hydrogen) atoms. The molecule has 6 rings (SSSR count). The molecule has 3 aromatic carbocycles. The zero-order valence-electron chi connectivity index (χ0n) is 20.8. The normalized spacial score (nSPS) is 12.4. The number of para-hydroxylation sites is 1. The Bertz CT molecular complexity index is 1590. The van der Waals surface area contributed by atoms with Gasteiger partial charge in [-0.1, -0.05) is 18.2 Å². The highest BCUT2D eigenvalue weighted by Gasteiger charge is 2.20. The first-order valence-electron chi connectivity index (χ1n) is 11.6. The number of nitrogens with one attached hydrogen (secondary N) is 1. The zero-order chi connectivity index (χ0) is 23.9. The number of halogens is 2. The van der Waals surface area contributed by atoms with Gasteiger partial charge in [0.15, 0.2) is 11.5 Å². The average molecular weight is 539 g/mol. The maximum absolute atomic E-state index is 5.61. The van der Waals surface area contributed by atoms with Gasteiger partial charge in [-0.05, 0) is 60.5 Å². The molecule has 0 radical (unpaired) electrons. The molecule has 1 N–H and O–H groups in total. The van der Waals surface area contributed by atoms with E-state index in [1.54, 1.807) is 21.3 Å². The third kappa shape index (κ3) is 4.44. The third-order valence-corrected chi connectivity index (χ3v) is 6.70. The van der Waals surface area contributed by atoms with Crippen molar-refractivity contribution in [1.82, 2.24) is 20.1 Å². The molecular weight excluding hydrogens is 511 g/mol. The summed E-state index contributed by atoms with van der Waals surface area (Å²) in [6.07, 6.45) is 2.92. The second-order valence-corrected chi connectivity index (χ2v) is 8.59. The summed E-state index contributed by atoms with van der Waals surface area (Å²) in [6, 6.07) is 18.5. The summed E-state index contributed by atoms with van der Waals surface area (Å²) in [4.78, 5) is 4.78. The van der Waals surface area contributed by atoms with Crippen molar-refractivity contribution >= 4 is 46.6 Å². The number of nitrogens with zero attached hydrogens (tertiary/aromatic N) is 3. The minimum atomic E-state index is 0. The van der Waals surface area contributed by atoms with Crippen molar-refractivity contribution in [3.8, 4) is 34.2 Å². The Kier molecular flexibility index (Phi) is 7.78. The Hall–Kier alpha value is -3.52. The van der Waals surface area contributed by atoms with Crippen molar-refractivity contribution in [2.75, 3.05) is 27.9 Å². The van der Waals surface area contributed by atoms with E-state index in [1.807, 2.05) is 41.2 Å². The molecule has 0 aliphatic carbocycles. The van der Waals surface area contributed by atoms with Crippen molar-refractivity contribution in [3.63, 3.8) is 0 Å². The first-order chi connectivity index (χ1) is 17.2. The smallest absolute Gasteiger partial charge is 0.161 e. The van der Waals surface area contributed by atoms with E-state index in [0.29, 0.717) is 11.5 Å². The number of benzene rings is 3. The number of methoxy groups -OCH3 is 3. The molecule has 0 atom stereocenters. The number of rotatable bonds is 5. The lowest BCUT2D eigenvalue weighted by Crippen LogP contribution is -2.23. The summed E-state index contributed by atoms with van der Waals surface area (Å²) in [7, 11) is 4.94. The van der Waals surface area contributed by atoms with E-state index in [9.17, 15) is 0 Å². The Morgan fingerprint density at radius 2 is 1.62 bits per heavy atom. The molecule has 0 unspecified atom stereocenters. The van der Waals surface area contributed by atoms with Crippen LogP contribution in [0.5, 0.6) is 17.2 Å². The van der Waals surface area contributed by atoms with Crippen LogP contribution in [0.4, 0.5) is 0 Å². The number of aromatic nitrogens is 3. The molecule has 0 amide bonds. The molecule has 0 saturated carbocycles. The monoisotopic (exact) mass is 538 g/mol. The summed E-state index contributed by atoms with van der Waals surface area (Å²) in [6.45, 7) is 1.87. The maximum atomic E-state index is 5.61. The van der Waals surface area contributed by atoms with Crippen molar-refractivity contribution in [2.24, 2.45) is 0 Å². The standard InChI is InChI=1S/C28H26N4O3.2ClH/c1-33-23-10-8-18(14-25(23)35-3)26-22-16-30-27-21(5-4-6-24(27)34-2)28(22)32(31-26)20-9-7-17-11-12-29-15-19(17)13-20;;/h4-10,13-14,16,29H,11-12,15H2,1-3H3;2*1H. The lowest BCUT2D eigenvalue weighted by molar-refractivity contribution is 0.355. The topological polar surface area (TPSA) is 70.4 Å². The zero-order valence-corrected chi connectivity index (χ0v) is 22.4. The fraction of sp³-hybridized carbons (Fsp3) is 0.214. The van der Waals surface area contributed by atoms with Crippen molar-refractivity contribution in [3.05, 3.63) is 71.9 Å². The fourth-order valence-corrected chi connectivity index (χ4v) is 4.93. The molecule has 0 spiro atoms. The quantitative estimate of drug-likeness (QED) is 0.307. The van der Waals surface area contributed by atoms with E-state index in [0.717, 1.165) is 64.0 Å². The largest absolute Gasteiger partial charge is 0.494 e. The second kappa shape index (κ2) is 10.8. The third-order valence-electron chi connectivity index (χ3n) is 6.70. The SMILES string of the molecule is COc1ccc(-c2nn(-c3ccc4c(c3)CNCC4)c3c2cnc2c(OC)cccc23)cc1OC.Cl.Cl. The number of fused-ring (bicyclic) bond motifs is 4. The summed E-state index contributed by atoms with van der Waals surface area (Å²) < 4.78 is 18.6. The number of ether oxygens (including phenoxy) is 3. The van der Waals surface area contributed by atoms with E-state index >= 15 is 0 Å². The van der Waals surface area contributed by atoms with Crippen LogP contribution in [0.3, 0.4) is 0 Å². The molecule has 1 aliphatic heterocycles. The van der Waals surface area contributed by atoms with Crippen LogP contribution in [0.25, 0.3) is 38.8 Å². The van der Waals surface area contributed by atoms with Gasteiger partial charge in [0.1, 0.15) is 17.0 Å². The highest BCUT2D eigenvalue weighted by Crippen LogP contribution is 2.39. The highest BCUT2D eigenvalue weighted by molar-refractivity contribution is 6.10. The van der Waals surface area contributed by atoms with Crippen LogP contribution in [-0.4, -0.2) is 42.6 Å². The molecule has 7 nitrogen and oxygen atoms in total. The van der Waals surface area contributed by atoms with Crippen LogP contribution in [0.15, 0.2) is 60.8 Å². The number of pyridine rings is 1. The Balaban J connectivity index is 0.00000160. The van der Waals surface area contributed by atoms with E-state index in [2.05, 4.69) is 29.6 Å². The Labute approximate surface area is 227 Å². The lowest BCUT2D eigenvalue weighted by atomic mass is 10.0. The molecule has 9 heteroatoms. The van der Waals surface area contributed by atoms with E-state index in [1.165, 1.54) is 11.1 Å². The molecule has 192 valence electrons. The van der Waals surface area contributed by atoms with Crippen LogP contribution < -0.4 is 19.5 Å². The van der Waals surface area contributed by atoms with E-state index < -0.39 is 0 Å². The minimum absolute atomic E-state index is 0. The van der Waals surface area contributed by atoms with Gasteiger partial charge in [-0.15, -0.1) is 24.8 Å². The summed E-state index contributed by atoms with van der Waals surface area (Å²) in [5.74, 6) is 2.07. The Morgan fingerprint density at radius 1 is 0.811 bits per heavy atom. The van der Waals surface area contributed by atoms with Crippen LogP contribution in [0, 0.1) is 0 Å². The molecular formula is C28H28Cl2N4O3. The predicted molar refractivity (Wildman–Crippen MR) is 151 cm³/mol. The van der Waals surface area contributed by atoms with Crippen molar-refractivity contribution in [1.29, 1.82) is 0 Å². The molecule has 5 aromatic rings. The summed E-state index contributed by atoms with van der Waals surface area (Å²) >= 11 is 0. The maximum Gasteiger partial charge on any atom is 0.161 e. The van der Waals surface area contributed by atoms with Gasteiger partial charge in [0, 0.05) is 29.1 Å². The number of hydrogen-bond acceptors (Lipinski definition) is 6. The summed E-state index contributed by atoms with van der Waals surface area (Å²) in [5.41, 5.74) is 7.26. The minimum Gasteiger partial charge on any atom is -0.494 e. The van der Waals surface area contributed by atoms with E-state index in [4.69, 9.17) is 24.3 Å². The van der Waals surface area contributed by atoms with Gasteiger partial charge < -0.3 is 19.5 Å². The average Bonchev–Trinajstić information content (AvgIpc) is 3.32. The lowest BCUT2D eigenvalue weighted by Gasteiger charge is -2.18. The van der Waals surface area contributed by atoms with Gasteiger partial charge in [-0.2, -0.15) is 5.10 Å². The molecule has 3 heterocycles. The molecule has 2 aromatic heterocycles. The molecule has 0 bridgehead atoms. The van der Waals surface area contributed by atoms with Crippen molar-refractivity contribution < 1.29 is 14.2 Å². The predicted octanol–water partition coefficient (Wildman–Crippen LogP) is 5.76. The first-order valence-corrected chi connectivity index (χ1v) is 11.6. The highest BCUT2D eigenvalue weighted by atomic mass is 35.5. The van der Waals surface area contributed by atoms with Gasteiger partial charge >= 0.3 is 0 Å². The molecule has 1 aliphatic rings. The molecule has 0 fully saturated rings. The van der Waals surface area contributed by atoms with Crippen LogP contribution in [-0.2, 0) is 13.0 Å². The van der Waals surface area contributed by atoms with Crippen LogP contribution in [0.2, 0.25) is 0 Å². The first kappa shape index (κ1) is 26.5. The van der Waals surface area contributed by atoms with Gasteiger partial charge in [-0.3, -0.25) is 4.98 Å². The van der Waals surface area contributed by atoms with E-state index in [-0.39, 0.29) is 24.8 Å². The van der Waals surface area contributed by atoms with Crippen LogP contribution >= 0.6 is 24.8 Å². The van der Waals surface area contributed by atoms with Gasteiger partial charge in [0.2, 0.25) is 0 Å². The second-order valence-electron chi connectivity index (χ2n) is 8.59. The van der Waals surface area contributed by atoms with Gasteiger partial charge in [0.25, 0.3) is 0 Å². The summed E-state index contributed by atoms with van der Waals surface area (Å²) in [5, 5.41) is 10.5. The van der Waals surface area contributed by atoms with Crippen LogP contribution in [0.1, 0.15) is 11.1 Å². The molecule has 0 saturated heterocycles. The number of hydrogen-bond donors (Lipinski definition) is 1. The fourth-order valence-electron chi connectivity index (χ4n) is 4.93. The Morgan fingerprint density at radius 3 is 2.41 bits per heavy atom.